The summed E-state index contributed by atoms with van der Waals surface area (Å²) < 4.78 is 0. The highest BCUT2D eigenvalue weighted by Gasteiger charge is 2.28. The van der Waals surface area contributed by atoms with Crippen LogP contribution in [0.5, 0.6) is 0 Å². The van der Waals surface area contributed by atoms with Gasteiger partial charge in [-0.2, -0.15) is 0 Å². The lowest BCUT2D eigenvalue weighted by molar-refractivity contribution is 0.0891. The predicted octanol–water partition coefficient (Wildman–Crippen LogP) is 3.60. The molecule has 1 aliphatic carbocycles. The number of fused-ring (bicyclic) bond motifs is 1. The molecular weight excluding hydrogens is 260 g/mol. The molecule has 114 valence electrons. The zero-order chi connectivity index (χ0) is 14.8. The van der Waals surface area contributed by atoms with E-state index in [-0.39, 0.29) is 5.91 Å². The minimum absolute atomic E-state index is 0.0920. The largest absolute Gasteiger partial charge is 0.385 e. The molecule has 3 rings (SSSR count). The van der Waals surface area contributed by atoms with E-state index in [9.17, 15) is 4.79 Å². The van der Waals surface area contributed by atoms with Crippen LogP contribution in [-0.4, -0.2) is 18.5 Å². The Kier molecular flexibility index (Phi) is 4.18. The second-order valence-corrected chi connectivity index (χ2v) is 6.75. The molecule has 1 aliphatic heterocycles. The molecule has 0 spiro atoms. The minimum atomic E-state index is 0.0920. The van der Waals surface area contributed by atoms with E-state index in [1.54, 1.807) is 0 Å². The van der Waals surface area contributed by atoms with E-state index < -0.39 is 0 Å². The van der Waals surface area contributed by atoms with E-state index >= 15 is 0 Å². The van der Waals surface area contributed by atoms with Gasteiger partial charge in [0, 0.05) is 23.8 Å². The van der Waals surface area contributed by atoms with Crippen molar-refractivity contribution in [3.8, 4) is 0 Å². The van der Waals surface area contributed by atoms with E-state index in [0.29, 0.717) is 17.9 Å². The Hall–Kier alpha value is -1.51. The Morgan fingerprint density at radius 1 is 1.24 bits per heavy atom. The fourth-order valence-electron chi connectivity index (χ4n) is 3.65. The van der Waals surface area contributed by atoms with Crippen LogP contribution in [0.15, 0.2) is 18.2 Å². The SMILES string of the molecule is CC1CCCC(NC(=O)c2ccc3c(c2)CCCN3)C1C. The molecule has 1 fully saturated rings. The normalized spacial score (nSPS) is 28.4. The lowest BCUT2D eigenvalue weighted by Gasteiger charge is -2.34. The molecule has 0 radical (unpaired) electrons. The summed E-state index contributed by atoms with van der Waals surface area (Å²) in [7, 11) is 0. The van der Waals surface area contributed by atoms with Gasteiger partial charge < -0.3 is 10.6 Å². The number of hydrogen-bond donors (Lipinski definition) is 2. The van der Waals surface area contributed by atoms with E-state index in [2.05, 4.69) is 36.6 Å². The maximum atomic E-state index is 12.5. The van der Waals surface area contributed by atoms with Crippen LogP contribution in [0.1, 0.15) is 55.5 Å². The molecule has 1 aromatic carbocycles. The van der Waals surface area contributed by atoms with Crippen molar-refractivity contribution in [1.29, 1.82) is 0 Å². The van der Waals surface area contributed by atoms with Crippen molar-refractivity contribution in [1.82, 2.24) is 5.32 Å². The monoisotopic (exact) mass is 286 g/mol. The molecular formula is C18H26N2O. The van der Waals surface area contributed by atoms with Gasteiger partial charge in [0.15, 0.2) is 0 Å². The van der Waals surface area contributed by atoms with Crippen molar-refractivity contribution >= 4 is 11.6 Å². The fraction of sp³-hybridized carbons (Fsp3) is 0.611. The van der Waals surface area contributed by atoms with Crippen molar-refractivity contribution in [2.75, 3.05) is 11.9 Å². The summed E-state index contributed by atoms with van der Waals surface area (Å²) in [5, 5.41) is 6.65. The van der Waals surface area contributed by atoms with Crippen molar-refractivity contribution in [2.24, 2.45) is 11.8 Å². The summed E-state index contributed by atoms with van der Waals surface area (Å²) in [6.45, 7) is 5.61. The number of rotatable bonds is 2. The number of anilines is 1. The third-order valence-electron chi connectivity index (χ3n) is 5.33. The van der Waals surface area contributed by atoms with Gasteiger partial charge in [-0.25, -0.2) is 0 Å². The number of aryl methyl sites for hydroxylation is 1. The van der Waals surface area contributed by atoms with E-state index in [4.69, 9.17) is 0 Å². The Balaban J connectivity index is 1.70. The highest BCUT2D eigenvalue weighted by molar-refractivity contribution is 5.95. The van der Waals surface area contributed by atoms with Crippen LogP contribution in [-0.2, 0) is 6.42 Å². The number of carbonyl (C=O) groups is 1. The van der Waals surface area contributed by atoms with Crippen molar-refractivity contribution in [2.45, 2.75) is 52.0 Å². The lowest BCUT2D eigenvalue weighted by Crippen LogP contribution is -2.43. The first-order chi connectivity index (χ1) is 10.1. The quantitative estimate of drug-likeness (QED) is 0.872. The number of carbonyl (C=O) groups excluding carboxylic acids is 1. The summed E-state index contributed by atoms with van der Waals surface area (Å²) in [5.41, 5.74) is 3.28. The first-order valence-electron chi connectivity index (χ1n) is 8.33. The molecule has 1 heterocycles. The predicted molar refractivity (Wildman–Crippen MR) is 86.7 cm³/mol. The van der Waals surface area contributed by atoms with Gasteiger partial charge in [0.2, 0.25) is 0 Å². The van der Waals surface area contributed by atoms with Crippen molar-refractivity contribution < 1.29 is 4.79 Å². The van der Waals surface area contributed by atoms with Gasteiger partial charge in [0.1, 0.15) is 0 Å². The number of hydrogen-bond acceptors (Lipinski definition) is 2. The Labute approximate surface area is 127 Å². The molecule has 3 heteroatoms. The molecule has 1 aromatic rings. The molecule has 0 aromatic heterocycles. The van der Waals surface area contributed by atoms with Crippen LogP contribution >= 0.6 is 0 Å². The molecule has 0 bridgehead atoms. The summed E-state index contributed by atoms with van der Waals surface area (Å²) in [6, 6.07) is 6.39. The van der Waals surface area contributed by atoms with Crippen LogP contribution < -0.4 is 10.6 Å². The van der Waals surface area contributed by atoms with Crippen molar-refractivity contribution in [3.05, 3.63) is 29.3 Å². The Morgan fingerprint density at radius 2 is 2.10 bits per heavy atom. The van der Waals surface area contributed by atoms with Crippen LogP contribution in [0.2, 0.25) is 0 Å². The third kappa shape index (κ3) is 3.07. The molecule has 0 saturated heterocycles. The molecule has 2 N–H and O–H groups in total. The minimum Gasteiger partial charge on any atom is -0.385 e. The smallest absolute Gasteiger partial charge is 0.251 e. The van der Waals surface area contributed by atoms with E-state index in [0.717, 1.165) is 31.4 Å². The summed E-state index contributed by atoms with van der Waals surface area (Å²) in [4.78, 5) is 12.5. The summed E-state index contributed by atoms with van der Waals surface area (Å²) in [5.74, 6) is 1.37. The summed E-state index contributed by atoms with van der Waals surface area (Å²) in [6.07, 6.45) is 5.85. The number of amides is 1. The van der Waals surface area contributed by atoms with E-state index in [1.165, 1.54) is 24.1 Å². The first kappa shape index (κ1) is 14.4. The average molecular weight is 286 g/mol. The summed E-state index contributed by atoms with van der Waals surface area (Å²) >= 11 is 0. The molecule has 3 nitrogen and oxygen atoms in total. The van der Waals surface area contributed by atoms with Crippen LogP contribution in [0, 0.1) is 11.8 Å². The van der Waals surface area contributed by atoms with Crippen LogP contribution in [0.3, 0.4) is 0 Å². The van der Waals surface area contributed by atoms with Crippen LogP contribution in [0.25, 0.3) is 0 Å². The maximum absolute atomic E-state index is 12.5. The Bertz CT molecular complexity index is 526. The van der Waals surface area contributed by atoms with Gasteiger partial charge in [-0.05, 0) is 54.9 Å². The molecule has 1 saturated carbocycles. The molecule has 3 atom stereocenters. The van der Waals surface area contributed by atoms with Gasteiger partial charge in [-0.3, -0.25) is 4.79 Å². The second kappa shape index (κ2) is 6.08. The Morgan fingerprint density at radius 3 is 2.95 bits per heavy atom. The zero-order valence-electron chi connectivity index (χ0n) is 13.1. The molecule has 3 unspecified atom stereocenters. The molecule has 21 heavy (non-hydrogen) atoms. The topological polar surface area (TPSA) is 41.1 Å². The van der Waals surface area contributed by atoms with E-state index in [1.807, 2.05) is 6.07 Å². The second-order valence-electron chi connectivity index (χ2n) is 6.75. The standard InChI is InChI=1S/C18H26N2O/c1-12-5-3-7-16(13(12)2)20-18(21)15-8-9-17-14(11-15)6-4-10-19-17/h8-9,11-13,16,19H,3-7,10H2,1-2H3,(H,20,21). The van der Waals surface area contributed by atoms with Crippen molar-refractivity contribution in [3.63, 3.8) is 0 Å². The maximum Gasteiger partial charge on any atom is 0.251 e. The fourth-order valence-corrected chi connectivity index (χ4v) is 3.65. The number of benzene rings is 1. The number of nitrogens with one attached hydrogen (secondary N) is 2. The highest BCUT2D eigenvalue weighted by Crippen LogP contribution is 2.30. The third-order valence-corrected chi connectivity index (χ3v) is 5.33. The first-order valence-corrected chi connectivity index (χ1v) is 8.33. The molecule has 2 aliphatic rings. The highest BCUT2D eigenvalue weighted by atomic mass is 16.1. The van der Waals surface area contributed by atoms with Gasteiger partial charge >= 0.3 is 0 Å². The van der Waals surface area contributed by atoms with Gasteiger partial charge in [0.05, 0.1) is 0 Å². The lowest BCUT2D eigenvalue weighted by atomic mass is 9.78. The van der Waals surface area contributed by atoms with Crippen LogP contribution in [0.4, 0.5) is 5.69 Å². The van der Waals surface area contributed by atoms with Gasteiger partial charge in [0.25, 0.3) is 5.91 Å². The van der Waals surface area contributed by atoms with Gasteiger partial charge in [-0.1, -0.05) is 26.7 Å². The average Bonchev–Trinajstić information content (AvgIpc) is 2.51. The zero-order valence-corrected chi connectivity index (χ0v) is 13.1. The molecule has 1 amide bonds. The van der Waals surface area contributed by atoms with Gasteiger partial charge in [-0.15, -0.1) is 0 Å².